The molecule has 0 bridgehead atoms. The zero-order valence-electron chi connectivity index (χ0n) is 11.7. The molecule has 0 aliphatic carbocycles. The average Bonchev–Trinajstić information content (AvgIpc) is 2.88. The number of hydrogen-bond acceptors (Lipinski definition) is 5. The molecular formula is C14H12Cl2N2O3S. The van der Waals surface area contributed by atoms with E-state index in [-0.39, 0.29) is 0 Å². The molecule has 116 valence electrons. The van der Waals surface area contributed by atoms with Crippen molar-refractivity contribution in [1.82, 2.24) is 4.98 Å². The molecule has 0 aliphatic heterocycles. The summed E-state index contributed by atoms with van der Waals surface area (Å²) in [6.45, 7) is 3.26. The van der Waals surface area contributed by atoms with Crippen LogP contribution in [0.4, 0.5) is 5.69 Å². The summed E-state index contributed by atoms with van der Waals surface area (Å²) in [4.78, 5) is 28.2. The van der Waals surface area contributed by atoms with Crippen molar-refractivity contribution in [1.29, 1.82) is 0 Å². The Morgan fingerprint density at radius 3 is 2.68 bits per heavy atom. The van der Waals surface area contributed by atoms with Crippen LogP contribution in [0.5, 0.6) is 0 Å². The third-order valence-corrected chi connectivity index (χ3v) is 4.11. The number of anilines is 1. The Bertz CT molecular complexity index is 718. The van der Waals surface area contributed by atoms with Gasteiger partial charge in [-0.3, -0.25) is 4.79 Å². The van der Waals surface area contributed by atoms with Crippen molar-refractivity contribution >= 4 is 52.1 Å². The van der Waals surface area contributed by atoms with Crippen molar-refractivity contribution in [2.24, 2.45) is 0 Å². The summed E-state index contributed by atoms with van der Waals surface area (Å²) in [5.74, 6) is -1.07. The molecule has 1 amide bonds. The van der Waals surface area contributed by atoms with Gasteiger partial charge < -0.3 is 10.1 Å². The third-order valence-electron chi connectivity index (χ3n) is 2.66. The van der Waals surface area contributed by atoms with Crippen molar-refractivity contribution in [2.45, 2.75) is 20.0 Å². The van der Waals surface area contributed by atoms with E-state index in [0.717, 1.165) is 5.01 Å². The van der Waals surface area contributed by atoms with Crippen molar-refractivity contribution in [2.75, 3.05) is 5.32 Å². The predicted molar refractivity (Wildman–Crippen MR) is 86.8 cm³/mol. The lowest BCUT2D eigenvalue weighted by atomic mass is 10.3. The van der Waals surface area contributed by atoms with E-state index in [1.165, 1.54) is 30.5 Å². The van der Waals surface area contributed by atoms with Crippen LogP contribution in [0.15, 0.2) is 24.4 Å². The van der Waals surface area contributed by atoms with Gasteiger partial charge in [0, 0.05) is 5.02 Å². The number of halogens is 2. The van der Waals surface area contributed by atoms with E-state index in [2.05, 4.69) is 10.3 Å². The maximum Gasteiger partial charge on any atom is 0.350 e. The first-order chi connectivity index (χ1) is 10.4. The minimum atomic E-state index is -0.971. The van der Waals surface area contributed by atoms with E-state index in [1.54, 1.807) is 19.1 Å². The van der Waals surface area contributed by atoms with Gasteiger partial charge in [-0.15, -0.1) is 11.3 Å². The smallest absolute Gasteiger partial charge is 0.350 e. The highest BCUT2D eigenvalue weighted by atomic mass is 35.5. The lowest BCUT2D eigenvalue weighted by Gasteiger charge is -2.13. The fourth-order valence-electron chi connectivity index (χ4n) is 1.55. The Labute approximate surface area is 141 Å². The molecule has 1 unspecified atom stereocenters. The molecular weight excluding hydrogens is 347 g/mol. The molecule has 1 N–H and O–H groups in total. The number of aryl methyl sites for hydroxylation is 1. The molecule has 0 aliphatic rings. The van der Waals surface area contributed by atoms with Gasteiger partial charge in [0.1, 0.15) is 4.88 Å². The summed E-state index contributed by atoms with van der Waals surface area (Å²) in [5, 5.41) is 4.09. The quantitative estimate of drug-likeness (QED) is 0.840. The number of carbonyl (C=O) groups excluding carboxylic acids is 2. The number of aromatic nitrogens is 1. The number of ether oxygens (including phenoxy) is 1. The number of hydrogen-bond donors (Lipinski definition) is 1. The van der Waals surface area contributed by atoms with Gasteiger partial charge in [0.2, 0.25) is 0 Å². The van der Waals surface area contributed by atoms with Crippen LogP contribution in [0.3, 0.4) is 0 Å². The Balaban J connectivity index is 1.98. The Kier molecular flexibility index (Phi) is 5.39. The summed E-state index contributed by atoms with van der Waals surface area (Å²) in [6.07, 6.45) is 0.449. The lowest BCUT2D eigenvalue weighted by Crippen LogP contribution is -2.29. The van der Waals surface area contributed by atoms with Crippen molar-refractivity contribution in [3.63, 3.8) is 0 Å². The molecule has 2 aromatic rings. The topological polar surface area (TPSA) is 68.3 Å². The van der Waals surface area contributed by atoms with Crippen LogP contribution in [0.25, 0.3) is 0 Å². The van der Waals surface area contributed by atoms with E-state index in [4.69, 9.17) is 27.9 Å². The molecule has 0 spiro atoms. The Morgan fingerprint density at radius 1 is 1.36 bits per heavy atom. The summed E-state index contributed by atoms with van der Waals surface area (Å²) >= 11 is 13.0. The first-order valence-corrected chi connectivity index (χ1v) is 7.83. The predicted octanol–water partition coefficient (Wildman–Crippen LogP) is 3.94. The summed E-state index contributed by atoms with van der Waals surface area (Å²) < 4.78 is 5.10. The molecule has 2 rings (SSSR count). The van der Waals surface area contributed by atoms with Crippen molar-refractivity contribution in [3.05, 3.63) is 44.3 Å². The zero-order chi connectivity index (χ0) is 16.3. The number of amides is 1. The molecule has 1 aromatic carbocycles. The van der Waals surface area contributed by atoms with Gasteiger partial charge in [0.25, 0.3) is 5.91 Å². The molecule has 22 heavy (non-hydrogen) atoms. The van der Waals surface area contributed by atoms with Crippen LogP contribution in [0.1, 0.15) is 21.6 Å². The molecule has 0 radical (unpaired) electrons. The van der Waals surface area contributed by atoms with E-state index >= 15 is 0 Å². The van der Waals surface area contributed by atoms with Gasteiger partial charge in [-0.25, -0.2) is 9.78 Å². The molecule has 1 atom stereocenters. The van der Waals surface area contributed by atoms with Gasteiger partial charge in [0.15, 0.2) is 6.10 Å². The first-order valence-electron chi connectivity index (χ1n) is 6.26. The number of carbonyl (C=O) groups is 2. The van der Waals surface area contributed by atoms with Gasteiger partial charge in [-0.1, -0.05) is 23.2 Å². The number of rotatable bonds is 4. The average molecular weight is 359 g/mol. The van der Waals surface area contributed by atoms with E-state index in [0.29, 0.717) is 20.6 Å². The SMILES string of the molecule is Cc1ncc(C(=O)OC(C)C(=O)Nc2ccc(Cl)cc2Cl)s1. The highest BCUT2D eigenvalue weighted by molar-refractivity contribution is 7.13. The van der Waals surface area contributed by atoms with Crippen molar-refractivity contribution in [3.8, 4) is 0 Å². The summed E-state index contributed by atoms with van der Waals surface area (Å²) in [7, 11) is 0. The molecule has 1 heterocycles. The second-order valence-corrected chi connectivity index (χ2v) is 6.48. The maximum absolute atomic E-state index is 12.0. The molecule has 8 heteroatoms. The van der Waals surface area contributed by atoms with Gasteiger partial charge in [-0.05, 0) is 32.0 Å². The number of thiazole rings is 1. The normalized spacial score (nSPS) is 11.8. The molecule has 5 nitrogen and oxygen atoms in total. The van der Waals surface area contributed by atoms with Crippen LogP contribution in [-0.2, 0) is 9.53 Å². The third kappa shape index (κ3) is 4.19. The highest BCUT2D eigenvalue weighted by Gasteiger charge is 2.21. The summed E-state index contributed by atoms with van der Waals surface area (Å²) in [6, 6.07) is 4.68. The van der Waals surface area contributed by atoms with E-state index < -0.39 is 18.0 Å². The van der Waals surface area contributed by atoms with Crippen molar-refractivity contribution < 1.29 is 14.3 Å². The molecule has 0 saturated heterocycles. The largest absolute Gasteiger partial charge is 0.448 e. The Hall–Kier alpha value is -1.63. The highest BCUT2D eigenvalue weighted by Crippen LogP contribution is 2.25. The molecule has 1 aromatic heterocycles. The molecule has 0 saturated carbocycles. The standard InChI is InChI=1S/C14H12Cl2N2O3S/c1-7(21-14(20)12-6-17-8(2)22-12)13(19)18-11-4-3-9(15)5-10(11)16/h3-7H,1-2H3,(H,18,19). The van der Waals surface area contributed by atoms with Crippen LogP contribution in [0.2, 0.25) is 10.0 Å². The first kappa shape index (κ1) is 16.7. The number of benzene rings is 1. The minimum Gasteiger partial charge on any atom is -0.448 e. The minimum absolute atomic E-state index is 0.303. The monoisotopic (exact) mass is 358 g/mol. The second kappa shape index (κ2) is 7.09. The summed E-state index contributed by atoms with van der Waals surface area (Å²) in [5.41, 5.74) is 0.396. The Morgan fingerprint density at radius 2 is 2.09 bits per heavy atom. The second-order valence-electron chi connectivity index (χ2n) is 4.40. The van der Waals surface area contributed by atoms with Gasteiger partial charge in [0.05, 0.1) is 21.9 Å². The van der Waals surface area contributed by atoms with Crippen LogP contribution in [-0.4, -0.2) is 23.0 Å². The van der Waals surface area contributed by atoms with E-state index in [1.807, 2.05) is 0 Å². The molecule has 0 fully saturated rings. The number of esters is 1. The maximum atomic E-state index is 12.0. The zero-order valence-corrected chi connectivity index (χ0v) is 14.1. The van der Waals surface area contributed by atoms with Crippen LogP contribution in [0, 0.1) is 6.92 Å². The van der Waals surface area contributed by atoms with Crippen LogP contribution >= 0.6 is 34.5 Å². The lowest BCUT2D eigenvalue weighted by molar-refractivity contribution is -0.123. The number of nitrogens with one attached hydrogen (secondary N) is 1. The fraction of sp³-hybridized carbons (Fsp3) is 0.214. The van der Waals surface area contributed by atoms with Crippen LogP contribution < -0.4 is 5.32 Å². The van der Waals surface area contributed by atoms with Gasteiger partial charge in [-0.2, -0.15) is 0 Å². The van der Waals surface area contributed by atoms with Gasteiger partial charge >= 0.3 is 5.97 Å². The van der Waals surface area contributed by atoms with E-state index in [9.17, 15) is 9.59 Å². The number of nitrogens with zero attached hydrogens (tertiary/aromatic N) is 1. The fourth-order valence-corrected chi connectivity index (χ4v) is 2.67.